The van der Waals surface area contributed by atoms with E-state index < -0.39 is 5.82 Å². The molecule has 0 atom stereocenters. The number of hydrogen-bond acceptors (Lipinski definition) is 2. The molecule has 0 saturated carbocycles. The van der Waals surface area contributed by atoms with Gasteiger partial charge >= 0.3 is 0 Å². The number of hydrogen-bond donors (Lipinski definition) is 2. The lowest BCUT2D eigenvalue weighted by Crippen LogP contribution is -2.24. The van der Waals surface area contributed by atoms with Crippen LogP contribution in [0.1, 0.15) is 5.56 Å². The van der Waals surface area contributed by atoms with E-state index in [1.165, 1.54) is 18.3 Å². The summed E-state index contributed by atoms with van der Waals surface area (Å²) in [6.07, 6.45) is 1.27. The van der Waals surface area contributed by atoms with Gasteiger partial charge in [0.1, 0.15) is 5.82 Å². The maximum absolute atomic E-state index is 13.1. The van der Waals surface area contributed by atoms with E-state index in [-0.39, 0.29) is 5.11 Å². The molecule has 0 saturated heterocycles. The third kappa shape index (κ3) is 3.27. The van der Waals surface area contributed by atoms with Gasteiger partial charge in [0.25, 0.3) is 0 Å². The van der Waals surface area contributed by atoms with E-state index >= 15 is 0 Å². The van der Waals surface area contributed by atoms with E-state index in [1.54, 1.807) is 6.07 Å². The smallest absolute Gasteiger partial charge is 0.184 e. The van der Waals surface area contributed by atoms with Gasteiger partial charge in [0.2, 0.25) is 0 Å². The van der Waals surface area contributed by atoms with Crippen LogP contribution in [0.15, 0.2) is 23.3 Å². The Morgan fingerprint density at radius 3 is 2.93 bits per heavy atom. The molecule has 0 unspecified atom stereocenters. The molecule has 0 aliphatic carbocycles. The van der Waals surface area contributed by atoms with Gasteiger partial charge in [-0.25, -0.2) is 4.39 Å². The second kappa shape index (κ2) is 4.88. The van der Waals surface area contributed by atoms with Crippen LogP contribution in [0.5, 0.6) is 0 Å². The second-order valence-corrected chi connectivity index (χ2v) is 3.28. The molecule has 0 aliphatic rings. The molecule has 0 bridgehead atoms. The van der Waals surface area contributed by atoms with Crippen molar-refractivity contribution in [3.63, 3.8) is 0 Å². The van der Waals surface area contributed by atoms with Gasteiger partial charge in [0, 0.05) is 10.6 Å². The summed E-state index contributed by atoms with van der Waals surface area (Å²) in [5.41, 5.74) is 7.73. The van der Waals surface area contributed by atoms with Gasteiger partial charge in [-0.05, 0) is 30.4 Å². The summed E-state index contributed by atoms with van der Waals surface area (Å²) in [4.78, 5) is 0. The number of rotatable bonds is 2. The number of nitrogens with zero attached hydrogens (tertiary/aromatic N) is 1. The molecule has 1 aromatic rings. The van der Waals surface area contributed by atoms with Gasteiger partial charge in [-0.3, -0.25) is 5.43 Å². The van der Waals surface area contributed by atoms with Gasteiger partial charge < -0.3 is 5.73 Å². The predicted molar refractivity (Wildman–Crippen MR) is 58.9 cm³/mol. The summed E-state index contributed by atoms with van der Waals surface area (Å²) in [6, 6.07) is 4.26. The molecule has 0 heterocycles. The molecule has 0 aromatic heterocycles. The van der Waals surface area contributed by atoms with Crippen LogP contribution in [0.2, 0.25) is 5.02 Å². The largest absolute Gasteiger partial charge is 0.375 e. The van der Waals surface area contributed by atoms with E-state index in [9.17, 15) is 4.39 Å². The number of nitrogens with one attached hydrogen (secondary N) is 1. The molecule has 0 fully saturated rings. The first-order chi connectivity index (χ1) is 6.59. The Hall–Kier alpha value is -1.20. The summed E-state index contributed by atoms with van der Waals surface area (Å²) >= 11 is 10.1. The first-order valence-electron chi connectivity index (χ1n) is 3.63. The van der Waals surface area contributed by atoms with Crippen LogP contribution in [-0.4, -0.2) is 11.3 Å². The molecule has 3 nitrogen and oxygen atoms in total. The molecule has 1 rings (SSSR count). The number of nitrogens with two attached hydrogens (primary N) is 1. The van der Waals surface area contributed by atoms with Crippen molar-refractivity contribution >= 4 is 35.1 Å². The molecular weight excluding hydrogens is 225 g/mol. The lowest BCUT2D eigenvalue weighted by Gasteiger charge is -1.97. The SMILES string of the molecule is NC(=S)N/N=C/c1ccc(Cl)cc1F. The molecule has 0 amide bonds. The maximum atomic E-state index is 13.1. The quantitative estimate of drug-likeness (QED) is 0.462. The van der Waals surface area contributed by atoms with Crippen molar-refractivity contribution in [2.24, 2.45) is 10.8 Å². The van der Waals surface area contributed by atoms with Crippen molar-refractivity contribution in [1.82, 2.24) is 5.43 Å². The molecule has 0 spiro atoms. The highest BCUT2D eigenvalue weighted by Gasteiger charge is 1.99. The van der Waals surface area contributed by atoms with Gasteiger partial charge in [-0.2, -0.15) is 5.10 Å². The Morgan fingerprint density at radius 1 is 1.64 bits per heavy atom. The topological polar surface area (TPSA) is 50.4 Å². The van der Waals surface area contributed by atoms with Crippen LogP contribution >= 0.6 is 23.8 Å². The van der Waals surface area contributed by atoms with Crippen molar-refractivity contribution in [3.8, 4) is 0 Å². The number of halogens is 2. The molecule has 14 heavy (non-hydrogen) atoms. The standard InChI is InChI=1S/C8H7ClFN3S/c9-6-2-1-5(7(10)3-6)4-12-13-8(11)14/h1-4H,(H3,11,13,14)/b12-4+. The summed E-state index contributed by atoms with van der Waals surface area (Å²) in [7, 11) is 0. The third-order valence-electron chi connectivity index (χ3n) is 1.34. The Bertz CT molecular complexity index is 381. The average molecular weight is 232 g/mol. The maximum Gasteiger partial charge on any atom is 0.184 e. The summed E-state index contributed by atoms with van der Waals surface area (Å²) < 4.78 is 13.1. The number of thiocarbonyl (C=S) groups is 1. The van der Waals surface area contributed by atoms with E-state index in [0.717, 1.165) is 0 Å². The van der Waals surface area contributed by atoms with Crippen LogP contribution in [-0.2, 0) is 0 Å². The summed E-state index contributed by atoms with van der Waals surface area (Å²) in [5.74, 6) is -0.453. The minimum atomic E-state index is -0.453. The van der Waals surface area contributed by atoms with Crippen molar-refractivity contribution in [1.29, 1.82) is 0 Å². The fourth-order valence-electron chi connectivity index (χ4n) is 0.772. The van der Waals surface area contributed by atoms with Crippen molar-refractivity contribution in [2.45, 2.75) is 0 Å². The van der Waals surface area contributed by atoms with Crippen LogP contribution < -0.4 is 11.2 Å². The van der Waals surface area contributed by atoms with E-state index in [1.807, 2.05) is 0 Å². The van der Waals surface area contributed by atoms with Crippen LogP contribution in [0, 0.1) is 5.82 Å². The predicted octanol–water partition coefficient (Wildman–Crippen LogP) is 1.65. The molecular formula is C8H7ClFN3S. The monoisotopic (exact) mass is 231 g/mol. The highest BCUT2D eigenvalue weighted by Crippen LogP contribution is 2.12. The molecule has 74 valence electrons. The zero-order valence-corrected chi connectivity index (χ0v) is 8.57. The Morgan fingerprint density at radius 2 is 2.36 bits per heavy atom. The van der Waals surface area contributed by atoms with Crippen LogP contribution in [0.25, 0.3) is 0 Å². The zero-order valence-electron chi connectivity index (χ0n) is 7.00. The summed E-state index contributed by atoms with van der Waals surface area (Å²) in [6.45, 7) is 0. The fraction of sp³-hybridized carbons (Fsp3) is 0. The minimum Gasteiger partial charge on any atom is -0.375 e. The Kier molecular flexibility index (Phi) is 3.79. The molecule has 1 aromatic carbocycles. The van der Waals surface area contributed by atoms with Crippen molar-refractivity contribution in [2.75, 3.05) is 0 Å². The summed E-state index contributed by atoms with van der Waals surface area (Å²) in [5, 5.41) is 3.97. The van der Waals surface area contributed by atoms with Gasteiger partial charge in [0.05, 0.1) is 6.21 Å². The Labute approximate surface area is 90.7 Å². The molecule has 6 heteroatoms. The first kappa shape index (κ1) is 10.9. The van der Waals surface area contributed by atoms with E-state index in [4.69, 9.17) is 17.3 Å². The average Bonchev–Trinajstić information content (AvgIpc) is 2.08. The van der Waals surface area contributed by atoms with Gasteiger partial charge in [-0.15, -0.1) is 0 Å². The fourth-order valence-corrected chi connectivity index (χ4v) is 0.983. The normalized spacial score (nSPS) is 10.4. The van der Waals surface area contributed by atoms with Crippen LogP contribution in [0.3, 0.4) is 0 Å². The van der Waals surface area contributed by atoms with Crippen molar-refractivity contribution in [3.05, 3.63) is 34.6 Å². The van der Waals surface area contributed by atoms with E-state index in [0.29, 0.717) is 10.6 Å². The lowest BCUT2D eigenvalue weighted by atomic mass is 10.2. The Balaban J connectivity index is 2.76. The van der Waals surface area contributed by atoms with Gasteiger partial charge in [0.15, 0.2) is 5.11 Å². The highest BCUT2D eigenvalue weighted by molar-refractivity contribution is 7.80. The number of benzene rings is 1. The van der Waals surface area contributed by atoms with Crippen LogP contribution in [0.4, 0.5) is 4.39 Å². The molecule has 0 aliphatic heterocycles. The van der Waals surface area contributed by atoms with E-state index in [2.05, 4.69) is 22.7 Å². The minimum absolute atomic E-state index is 0.0237. The number of hydrazone groups is 1. The third-order valence-corrected chi connectivity index (χ3v) is 1.67. The first-order valence-corrected chi connectivity index (χ1v) is 4.42. The van der Waals surface area contributed by atoms with Crippen molar-refractivity contribution < 1.29 is 4.39 Å². The highest BCUT2D eigenvalue weighted by atomic mass is 35.5. The van der Waals surface area contributed by atoms with Gasteiger partial charge in [-0.1, -0.05) is 11.6 Å². The molecule has 3 N–H and O–H groups in total. The molecule has 0 radical (unpaired) electrons. The lowest BCUT2D eigenvalue weighted by molar-refractivity contribution is 0.626. The second-order valence-electron chi connectivity index (χ2n) is 2.40. The zero-order chi connectivity index (χ0) is 10.6.